The largest absolute Gasteiger partial charge is 0.480 e. The van der Waals surface area contributed by atoms with Crippen LogP contribution in [0.3, 0.4) is 0 Å². The van der Waals surface area contributed by atoms with Crippen molar-refractivity contribution in [1.29, 1.82) is 0 Å². The highest BCUT2D eigenvalue weighted by Crippen LogP contribution is 2.43. The zero-order valence-corrected chi connectivity index (χ0v) is 38.8. The van der Waals surface area contributed by atoms with Gasteiger partial charge in [-0.25, -0.2) is 4.57 Å². The fourth-order valence-electron chi connectivity index (χ4n) is 5.44. The van der Waals surface area contributed by atoms with Gasteiger partial charge in [0.15, 0.2) is 6.10 Å². The third-order valence-corrected chi connectivity index (χ3v) is 9.96. The molecule has 11 nitrogen and oxygen atoms in total. The van der Waals surface area contributed by atoms with Gasteiger partial charge in [0.05, 0.1) is 13.2 Å². The van der Waals surface area contributed by atoms with Crippen LogP contribution in [0.5, 0.6) is 0 Å². The Hall–Kier alpha value is -3.86. The van der Waals surface area contributed by atoms with Gasteiger partial charge in [-0.05, 0) is 89.9 Å². The molecule has 0 rings (SSSR count). The highest BCUT2D eigenvalue weighted by atomic mass is 31.2. The first kappa shape index (κ1) is 58.1. The molecular weight excluding hydrogens is 806 g/mol. The van der Waals surface area contributed by atoms with Gasteiger partial charge in [0.25, 0.3) is 0 Å². The number of carbonyl (C=O) groups excluding carboxylic acids is 2. The molecule has 0 aliphatic heterocycles. The van der Waals surface area contributed by atoms with Crippen LogP contribution in [0.2, 0.25) is 0 Å². The number of ether oxygens (including phenoxy) is 2. The molecule has 0 aliphatic carbocycles. The van der Waals surface area contributed by atoms with Gasteiger partial charge in [-0.3, -0.25) is 23.4 Å². The fraction of sp³-hybridized carbons (Fsp3) is 0.580. The van der Waals surface area contributed by atoms with Crippen LogP contribution in [0.1, 0.15) is 155 Å². The number of phosphoric acid groups is 1. The number of nitrogens with two attached hydrogens (primary N) is 1. The van der Waals surface area contributed by atoms with Crippen molar-refractivity contribution < 1.29 is 47.5 Å². The first-order chi connectivity index (χ1) is 30.1. The van der Waals surface area contributed by atoms with Crippen LogP contribution in [0, 0.1) is 0 Å². The molecule has 3 atom stereocenters. The van der Waals surface area contributed by atoms with Crippen molar-refractivity contribution >= 4 is 25.7 Å². The van der Waals surface area contributed by atoms with Crippen molar-refractivity contribution in [3.05, 3.63) is 109 Å². The first-order valence-corrected chi connectivity index (χ1v) is 24.4. The summed E-state index contributed by atoms with van der Waals surface area (Å²) >= 11 is 0. The van der Waals surface area contributed by atoms with Gasteiger partial charge in [0.2, 0.25) is 0 Å². The number of hydrogen-bond acceptors (Lipinski definition) is 9. The third-order valence-electron chi connectivity index (χ3n) is 9.00. The maximum atomic E-state index is 12.6. The predicted octanol–water partition coefficient (Wildman–Crippen LogP) is 12.6. The molecule has 0 heterocycles. The molecule has 0 fully saturated rings. The van der Waals surface area contributed by atoms with Crippen LogP contribution >= 0.6 is 7.82 Å². The van der Waals surface area contributed by atoms with Crippen LogP contribution in [0.15, 0.2) is 109 Å². The molecule has 0 radical (unpaired) electrons. The zero-order valence-electron chi connectivity index (χ0n) is 37.9. The van der Waals surface area contributed by atoms with Crippen molar-refractivity contribution in [2.24, 2.45) is 5.73 Å². The molecule has 4 N–H and O–H groups in total. The zero-order chi connectivity index (χ0) is 45.6. The number of aliphatic carboxylic acids is 1. The molecule has 1 unspecified atom stereocenters. The van der Waals surface area contributed by atoms with Crippen molar-refractivity contribution in [1.82, 2.24) is 0 Å². The molecule has 12 heteroatoms. The smallest absolute Gasteiger partial charge is 0.472 e. The molecule has 62 heavy (non-hydrogen) atoms. The molecule has 0 aromatic carbocycles. The number of rotatable bonds is 41. The highest BCUT2D eigenvalue weighted by Gasteiger charge is 2.28. The monoisotopic (exact) mass is 886 g/mol. The Kier molecular flexibility index (Phi) is 41.0. The van der Waals surface area contributed by atoms with Crippen LogP contribution in [0.25, 0.3) is 0 Å². The highest BCUT2D eigenvalue weighted by molar-refractivity contribution is 7.47. The van der Waals surface area contributed by atoms with Gasteiger partial charge in [-0.15, -0.1) is 0 Å². The second-order valence-corrected chi connectivity index (χ2v) is 16.2. The van der Waals surface area contributed by atoms with Crippen molar-refractivity contribution in [3.63, 3.8) is 0 Å². The Bertz CT molecular complexity index is 1460. The fourth-order valence-corrected chi connectivity index (χ4v) is 6.22. The summed E-state index contributed by atoms with van der Waals surface area (Å²) in [6.45, 7) is 2.56. The van der Waals surface area contributed by atoms with Gasteiger partial charge < -0.3 is 25.2 Å². The van der Waals surface area contributed by atoms with Crippen molar-refractivity contribution in [2.45, 2.75) is 167 Å². The van der Waals surface area contributed by atoms with E-state index in [2.05, 4.69) is 103 Å². The van der Waals surface area contributed by atoms with Crippen molar-refractivity contribution in [2.75, 3.05) is 19.8 Å². The number of unbranched alkanes of at least 4 members (excludes halogenated alkanes) is 9. The Morgan fingerprint density at radius 2 is 0.903 bits per heavy atom. The average molecular weight is 886 g/mol. The first-order valence-electron chi connectivity index (χ1n) is 22.9. The summed E-state index contributed by atoms with van der Waals surface area (Å²) in [5, 5.41) is 8.90. The Morgan fingerprint density at radius 3 is 1.35 bits per heavy atom. The second kappa shape index (κ2) is 43.8. The normalized spacial score (nSPS) is 14.6. The lowest BCUT2D eigenvalue weighted by atomic mass is 10.1. The van der Waals surface area contributed by atoms with Crippen LogP contribution in [-0.4, -0.2) is 59.9 Å². The molecule has 0 bridgehead atoms. The summed E-state index contributed by atoms with van der Waals surface area (Å²) in [7, 11) is -4.75. The summed E-state index contributed by atoms with van der Waals surface area (Å²) in [6, 6.07) is -1.54. The van der Waals surface area contributed by atoms with Crippen LogP contribution < -0.4 is 5.73 Å². The molecular formula is C50H80NO10P. The summed E-state index contributed by atoms with van der Waals surface area (Å²) in [4.78, 5) is 46.0. The van der Waals surface area contributed by atoms with E-state index in [1.807, 2.05) is 24.3 Å². The SMILES string of the molecule is CC/C=C/C/C=C/C/C=C/C/C=C/C/C=C/CCCC(=O)OC[C@H](COP(=O)(O)OC[C@H](N)C(=O)O)OC(=O)CCC/C=C/C/C=C/C/C=C/C/C=C/CCCCCCCCC. The van der Waals surface area contributed by atoms with Gasteiger partial charge in [0.1, 0.15) is 12.6 Å². The Labute approximate surface area is 374 Å². The van der Waals surface area contributed by atoms with Crippen LogP contribution in [0.4, 0.5) is 0 Å². The summed E-state index contributed by atoms with van der Waals surface area (Å²) < 4.78 is 32.6. The van der Waals surface area contributed by atoms with Gasteiger partial charge >= 0.3 is 25.7 Å². The van der Waals surface area contributed by atoms with E-state index in [4.69, 9.17) is 24.8 Å². The minimum atomic E-state index is -4.75. The van der Waals surface area contributed by atoms with Crippen LogP contribution in [-0.2, 0) is 37.5 Å². The van der Waals surface area contributed by atoms with E-state index in [1.54, 1.807) is 0 Å². The molecule has 0 spiro atoms. The summed E-state index contributed by atoms with van der Waals surface area (Å²) in [5.74, 6) is -2.54. The number of phosphoric ester groups is 1. The van der Waals surface area contributed by atoms with E-state index in [0.717, 1.165) is 57.8 Å². The number of allylic oxidation sites excluding steroid dienone is 18. The number of carbonyl (C=O) groups is 3. The van der Waals surface area contributed by atoms with E-state index in [0.29, 0.717) is 25.7 Å². The number of carboxylic acids is 1. The van der Waals surface area contributed by atoms with E-state index in [1.165, 1.54) is 44.9 Å². The maximum absolute atomic E-state index is 12.6. The molecule has 0 aromatic rings. The molecule has 0 saturated heterocycles. The lowest BCUT2D eigenvalue weighted by Crippen LogP contribution is -2.34. The van der Waals surface area contributed by atoms with E-state index >= 15 is 0 Å². The second-order valence-electron chi connectivity index (χ2n) is 14.8. The standard InChI is InChI=1S/C50H80NO10P/c1-3-5-7-9-11-13-15-17-19-21-22-23-24-26-28-30-32-34-36-38-40-42-49(53)61-46(44-59-62(56,57)60-45-47(51)50(54)55)43-58-48(52)41-39-37-35-33-31-29-27-25-20-18-16-14-12-10-8-6-4-2/h6,8,12,14,18-21,23-24,27-30,33-36,46-47H,3-5,7,9-11,13,15-17,22,25-26,31-32,37-45,51H2,1-2H3,(H,54,55)(H,56,57)/b8-6+,14-12+,20-18+,21-19+,24-23+,29-27+,30-28+,35-33+,36-34+/t46-,47+/m1/s1. The topological polar surface area (TPSA) is 172 Å². The van der Waals surface area contributed by atoms with Gasteiger partial charge in [0, 0.05) is 12.8 Å². The lowest BCUT2D eigenvalue weighted by Gasteiger charge is -2.20. The van der Waals surface area contributed by atoms with E-state index in [9.17, 15) is 23.8 Å². The minimum absolute atomic E-state index is 0.0664. The lowest BCUT2D eigenvalue weighted by molar-refractivity contribution is -0.161. The molecule has 0 amide bonds. The molecule has 0 aliphatic rings. The Morgan fingerprint density at radius 1 is 0.516 bits per heavy atom. The molecule has 350 valence electrons. The minimum Gasteiger partial charge on any atom is -0.480 e. The van der Waals surface area contributed by atoms with E-state index in [-0.39, 0.29) is 12.8 Å². The van der Waals surface area contributed by atoms with Crippen molar-refractivity contribution in [3.8, 4) is 0 Å². The summed E-state index contributed by atoms with van der Waals surface area (Å²) in [6.07, 6.45) is 57.4. The molecule has 0 aromatic heterocycles. The predicted molar refractivity (Wildman–Crippen MR) is 253 cm³/mol. The summed E-state index contributed by atoms with van der Waals surface area (Å²) in [5.41, 5.74) is 5.33. The number of hydrogen-bond donors (Lipinski definition) is 3. The van der Waals surface area contributed by atoms with Gasteiger partial charge in [-0.2, -0.15) is 0 Å². The molecule has 0 saturated carbocycles. The van der Waals surface area contributed by atoms with E-state index < -0.39 is 57.7 Å². The average Bonchev–Trinajstić information content (AvgIpc) is 3.25. The Balaban J connectivity index is 4.54. The number of carboxylic acid groups (broad SMARTS) is 1. The third kappa shape index (κ3) is 42.8. The number of esters is 2. The van der Waals surface area contributed by atoms with Gasteiger partial charge in [-0.1, -0.05) is 162 Å². The quantitative estimate of drug-likeness (QED) is 0.0231. The maximum Gasteiger partial charge on any atom is 0.472 e.